The predicted octanol–water partition coefficient (Wildman–Crippen LogP) is 3.21. The first-order chi connectivity index (χ1) is 11.5. The number of hydrogen-bond acceptors (Lipinski definition) is 4. The maximum Gasteiger partial charge on any atom is 0.261 e. The van der Waals surface area contributed by atoms with Crippen LogP contribution in [0.4, 0.5) is 0 Å². The van der Waals surface area contributed by atoms with Crippen LogP contribution in [0, 0.1) is 13.8 Å². The lowest BCUT2D eigenvalue weighted by Gasteiger charge is -2.17. The van der Waals surface area contributed by atoms with Crippen LogP contribution in [0.5, 0.6) is 0 Å². The number of hydrogen-bond donors (Lipinski definition) is 2. The Morgan fingerprint density at radius 1 is 1.38 bits per heavy atom. The highest BCUT2D eigenvalue weighted by Gasteiger charge is 2.21. The molecule has 0 bridgehead atoms. The molecule has 5 nitrogen and oxygen atoms in total. The summed E-state index contributed by atoms with van der Waals surface area (Å²) in [6.45, 7) is 6.01. The van der Waals surface area contributed by atoms with E-state index in [1.165, 1.54) is 0 Å². The van der Waals surface area contributed by atoms with Gasteiger partial charge in [-0.25, -0.2) is 4.98 Å². The highest BCUT2D eigenvalue weighted by molar-refractivity contribution is 7.11. The SMILES string of the molecule is CC[C@H](NC(=O)c1cc2c([nH]c1=O)CCCC2)c1nc(C)c(C)s1. The number of carbonyl (C=O) groups excluding carboxylic acids is 1. The van der Waals surface area contributed by atoms with Crippen LogP contribution in [0.2, 0.25) is 0 Å². The fourth-order valence-electron chi connectivity index (χ4n) is 3.06. The van der Waals surface area contributed by atoms with E-state index < -0.39 is 0 Å². The van der Waals surface area contributed by atoms with Gasteiger partial charge in [0.05, 0.1) is 11.7 Å². The molecule has 0 unspecified atom stereocenters. The van der Waals surface area contributed by atoms with Crippen molar-refractivity contribution < 1.29 is 4.79 Å². The number of aromatic nitrogens is 2. The van der Waals surface area contributed by atoms with Gasteiger partial charge in [0.25, 0.3) is 11.5 Å². The molecule has 1 atom stereocenters. The molecular formula is C18H23N3O2S. The van der Waals surface area contributed by atoms with Crippen LogP contribution < -0.4 is 10.9 Å². The maximum absolute atomic E-state index is 12.6. The van der Waals surface area contributed by atoms with E-state index in [1.807, 2.05) is 20.8 Å². The summed E-state index contributed by atoms with van der Waals surface area (Å²) in [5.74, 6) is -0.318. The summed E-state index contributed by atoms with van der Waals surface area (Å²) in [7, 11) is 0. The molecule has 1 aliphatic carbocycles. The average molecular weight is 345 g/mol. The molecule has 0 spiro atoms. The molecule has 0 aliphatic heterocycles. The van der Waals surface area contributed by atoms with Gasteiger partial charge < -0.3 is 10.3 Å². The number of H-pyrrole nitrogens is 1. The molecule has 0 saturated heterocycles. The zero-order valence-electron chi connectivity index (χ0n) is 14.4. The lowest BCUT2D eigenvalue weighted by molar-refractivity contribution is 0.0933. The van der Waals surface area contributed by atoms with Crippen LogP contribution in [0.1, 0.15) is 69.4 Å². The van der Waals surface area contributed by atoms with Crippen molar-refractivity contribution in [2.45, 2.75) is 58.9 Å². The van der Waals surface area contributed by atoms with E-state index in [-0.39, 0.29) is 23.1 Å². The number of amides is 1. The third-order valence-electron chi connectivity index (χ3n) is 4.64. The number of aryl methyl sites for hydroxylation is 4. The number of fused-ring (bicyclic) bond motifs is 1. The van der Waals surface area contributed by atoms with Crippen molar-refractivity contribution in [1.82, 2.24) is 15.3 Å². The topological polar surface area (TPSA) is 74.8 Å². The van der Waals surface area contributed by atoms with E-state index in [0.29, 0.717) is 0 Å². The largest absolute Gasteiger partial charge is 0.343 e. The minimum atomic E-state index is -0.318. The fourth-order valence-corrected chi connectivity index (χ4v) is 4.12. The molecule has 6 heteroatoms. The van der Waals surface area contributed by atoms with Gasteiger partial charge >= 0.3 is 0 Å². The second kappa shape index (κ2) is 6.89. The molecule has 1 amide bonds. The Bertz CT molecular complexity index is 803. The molecule has 2 N–H and O–H groups in total. The Labute approximate surface area is 145 Å². The Morgan fingerprint density at radius 3 is 2.79 bits per heavy atom. The predicted molar refractivity (Wildman–Crippen MR) is 95.8 cm³/mol. The summed E-state index contributed by atoms with van der Waals surface area (Å²) in [4.78, 5) is 33.5. The normalized spacial score (nSPS) is 15.0. The summed E-state index contributed by atoms with van der Waals surface area (Å²) in [6, 6.07) is 1.61. The molecule has 2 aromatic heterocycles. The Morgan fingerprint density at radius 2 is 2.12 bits per heavy atom. The van der Waals surface area contributed by atoms with E-state index in [0.717, 1.165) is 58.9 Å². The van der Waals surface area contributed by atoms with E-state index in [2.05, 4.69) is 15.3 Å². The number of thiazole rings is 1. The second-order valence-electron chi connectivity index (χ2n) is 6.35. The van der Waals surface area contributed by atoms with Crippen molar-refractivity contribution in [2.75, 3.05) is 0 Å². The van der Waals surface area contributed by atoms with Crippen LogP contribution in [0.15, 0.2) is 10.9 Å². The average Bonchev–Trinajstić information content (AvgIpc) is 2.90. The van der Waals surface area contributed by atoms with Crippen LogP contribution >= 0.6 is 11.3 Å². The first-order valence-corrected chi connectivity index (χ1v) is 9.31. The van der Waals surface area contributed by atoms with Crippen molar-refractivity contribution >= 4 is 17.2 Å². The van der Waals surface area contributed by atoms with Gasteiger partial charge in [-0.3, -0.25) is 9.59 Å². The monoisotopic (exact) mass is 345 g/mol. The third kappa shape index (κ3) is 3.29. The van der Waals surface area contributed by atoms with Crippen LogP contribution in [-0.2, 0) is 12.8 Å². The van der Waals surface area contributed by atoms with E-state index in [9.17, 15) is 9.59 Å². The van der Waals surface area contributed by atoms with Gasteiger partial charge in [-0.05, 0) is 57.6 Å². The van der Waals surface area contributed by atoms with Gasteiger partial charge in [0.15, 0.2) is 0 Å². The molecule has 0 radical (unpaired) electrons. The minimum absolute atomic E-state index is 0.162. The van der Waals surface area contributed by atoms with Crippen molar-refractivity contribution in [3.05, 3.63) is 48.8 Å². The number of carbonyl (C=O) groups is 1. The molecule has 3 rings (SSSR count). The van der Waals surface area contributed by atoms with Crippen LogP contribution in [0.25, 0.3) is 0 Å². The zero-order chi connectivity index (χ0) is 17.3. The highest BCUT2D eigenvalue weighted by Crippen LogP contribution is 2.25. The summed E-state index contributed by atoms with van der Waals surface area (Å²) >= 11 is 1.60. The van der Waals surface area contributed by atoms with Gasteiger partial charge in [-0.15, -0.1) is 11.3 Å². The third-order valence-corrected chi connectivity index (χ3v) is 5.83. The van der Waals surface area contributed by atoms with Gasteiger partial charge in [0.2, 0.25) is 0 Å². The van der Waals surface area contributed by atoms with Crippen molar-refractivity contribution in [2.24, 2.45) is 0 Å². The molecule has 0 saturated carbocycles. The van der Waals surface area contributed by atoms with Crippen molar-refractivity contribution in [1.29, 1.82) is 0 Å². The molecular weight excluding hydrogens is 322 g/mol. The highest BCUT2D eigenvalue weighted by atomic mass is 32.1. The molecule has 2 aromatic rings. The fraction of sp³-hybridized carbons (Fsp3) is 0.500. The van der Waals surface area contributed by atoms with Crippen LogP contribution in [-0.4, -0.2) is 15.9 Å². The van der Waals surface area contributed by atoms with E-state index in [1.54, 1.807) is 17.4 Å². The Kier molecular flexibility index (Phi) is 4.85. The van der Waals surface area contributed by atoms with Gasteiger partial charge in [-0.2, -0.15) is 0 Å². The first kappa shape index (κ1) is 16.9. The second-order valence-corrected chi connectivity index (χ2v) is 7.59. The molecule has 128 valence electrons. The zero-order valence-corrected chi connectivity index (χ0v) is 15.2. The van der Waals surface area contributed by atoms with E-state index in [4.69, 9.17) is 0 Å². The molecule has 24 heavy (non-hydrogen) atoms. The Hall–Kier alpha value is -1.95. The lowest BCUT2D eigenvalue weighted by Crippen LogP contribution is -2.33. The van der Waals surface area contributed by atoms with Crippen LogP contribution in [0.3, 0.4) is 0 Å². The summed E-state index contributed by atoms with van der Waals surface area (Å²) in [5, 5.41) is 3.87. The quantitative estimate of drug-likeness (QED) is 0.893. The first-order valence-electron chi connectivity index (χ1n) is 8.49. The summed E-state index contributed by atoms with van der Waals surface area (Å²) in [5.41, 5.74) is 2.99. The number of nitrogens with zero attached hydrogens (tertiary/aromatic N) is 1. The maximum atomic E-state index is 12.6. The summed E-state index contributed by atoms with van der Waals surface area (Å²) < 4.78 is 0. The van der Waals surface area contributed by atoms with Gasteiger partial charge in [-0.1, -0.05) is 6.92 Å². The number of pyridine rings is 1. The summed E-state index contributed by atoms with van der Waals surface area (Å²) in [6.07, 6.45) is 4.75. The molecule has 1 aliphatic rings. The van der Waals surface area contributed by atoms with Gasteiger partial charge in [0.1, 0.15) is 10.6 Å². The molecule has 0 aromatic carbocycles. The van der Waals surface area contributed by atoms with Crippen molar-refractivity contribution in [3.8, 4) is 0 Å². The van der Waals surface area contributed by atoms with Gasteiger partial charge in [0, 0.05) is 10.6 Å². The smallest absolute Gasteiger partial charge is 0.261 e. The van der Waals surface area contributed by atoms with E-state index >= 15 is 0 Å². The number of nitrogens with one attached hydrogen (secondary N) is 2. The molecule has 2 heterocycles. The number of rotatable bonds is 4. The minimum Gasteiger partial charge on any atom is -0.343 e. The standard InChI is InChI=1S/C18H23N3O2S/c1-4-14(18-19-10(2)11(3)24-18)20-16(22)13-9-12-7-5-6-8-15(12)21-17(13)23/h9,14H,4-8H2,1-3H3,(H,20,22)(H,21,23)/t14-/m0/s1. The lowest BCUT2D eigenvalue weighted by atomic mass is 9.95. The number of aromatic amines is 1. The molecule has 0 fully saturated rings. The Balaban J connectivity index is 1.84. The van der Waals surface area contributed by atoms with Crippen molar-refractivity contribution in [3.63, 3.8) is 0 Å².